The van der Waals surface area contributed by atoms with E-state index >= 15 is 0 Å². The molecule has 1 aromatic heterocycles. The first-order chi connectivity index (χ1) is 14.3. The summed E-state index contributed by atoms with van der Waals surface area (Å²) in [6.45, 7) is 5.10. The fraction of sp³-hybridized carbons (Fsp3) is 0.375. The van der Waals surface area contributed by atoms with Gasteiger partial charge in [-0.25, -0.2) is 0 Å². The summed E-state index contributed by atoms with van der Waals surface area (Å²) >= 11 is 0. The number of carbonyl (C=O) groups excluding carboxylic acids is 1. The maximum atomic E-state index is 10.2. The Labute approximate surface area is 179 Å². The number of amides is 1. The van der Waals surface area contributed by atoms with Crippen LogP contribution in [0, 0.1) is 10.8 Å². The molecule has 0 fully saturated rings. The molecule has 0 spiro atoms. The smallest absolute Gasteiger partial charge is 0.209 e. The fourth-order valence-corrected chi connectivity index (χ4v) is 3.44. The largest absolute Gasteiger partial charge is 0.402 e. The van der Waals surface area contributed by atoms with Crippen LogP contribution in [0.5, 0.6) is 0 Å². The zero-order valence-electron chi connectivity index (χ0n) is 18.4. The number of nitrogens with two attached hydrogens (primary N) is 1. The molecular weight excluding hydrogens is 374 g/mol. The third-order valence-electron chi connectivity index (χ3n) is 5.18. The van der Waals surface area contributed by atoms with Crippen molar-refractivity contribution in [2.45, 2.75) is 39.7 Å². The van der Waals surface area contributed by atoms with Crippen LogP contribution in [-0.4, -0.2) is 36.1 Å². The van der Waals surface area contributed by atoms with Crippen molar-refractivity contribution in [2.24, 2.45) is 11.1 Å². The molecule has 1 amide bonds. The molecule has 1 aromatic carbocycles. The first kappa shape index (κ1) is 23.1. The van der Waals surface area contributed by atoms with Crippen molar-refractivity contribution in [1.29, 1.82) is 5.41 Å². The van der Waals surface area contributed by atoms with Gasteiger partial charge in [0.15, 0.2) is 0 Å². The third-order valence-corrected chi connectivity index (χ3v) is 5.18. The molecule has 3 rings (SSSR count). The number of nitrogens with zero attached hydrogens (tertiary/aromatic N) is 2. The molecule has 0 aliphatic heterocycles. The van der Waals surface area contributed by atoms with E-state index in [1.807, 2.05) is 43.4 Å². The first-order valence-corrected chi connectivity index (χ1v) is 10.1. The molecule has 1 aliphatic carbocycles. The van der Waals surface area contributed by atoms with Gasteiger partial charge in [0.25, 0.3) is 0 Å². The standard InChI is InChI=1S/C16H23N3.C8H10N2O/c1-16(2)8-7-13(14(17)10-16)15(18)11-5-4-6-12(9-11)19-3;1-10(7-11)6-8-3-2-4-9-5-8/h4-6,9,18-19H,7-8,10,17H2,1-3H3;2-5,7H,6H2,1H3. The molecule has 1 heterocycles. The van der Waals surface area contributed by atoms with Gasteiger partial charge in [0, 0.05) is 50.0 Å². The molecule has 0 saturated heterocycles. The van der Waals surface area contributed by atoms with Crippen molar-refractivity contribution < 1.29 is 4.79 Å². The highest BCUT2D eigenvalue weighted by Crippen LogP contribution is 2.37. The van der Waals surface area contributed by atoms with Gasteiger partial charge in [-0.15, -0.1) is 0 Å². The minimum atomic E-state index is 0.265. The van der Waals surface area contributed by atoms with Gasteiger partial charge < -0.3 is 16.0 Å². The Morgan fingerprint density at radius 1 is 1.33 bits per heavy atom. The van der Waals surface area contributed by atoms with Gasteiger partial charge >= 0.3 is 0 Å². The van der Waals surface area contributed by atoms with Crippen molar-refractivity contribution in [3.63, 3.8) is 0 Å². The van der Waals surface area contributed by atoms with E-state index < -0.39 is 0 Å². The lowest BCUT2D eigenvalue weighted by Crippen LogP contribution is -2.25. The van der Waals surface area contributed by atoms with E-state index in [1.54, 1.807) is 24.3 Å². The average Bonchev–Trinajstić information content (AvgIpc) is 2.74. The van der Waals surface area contributed by atoms with Crippen LogP contribution in [0.25, 0.3) is 0 Å². The van der Waals surface area contributed by atoms with Crippen LogP contribution in [0.4, 0.5) is 5.69 Å². The molecule has 6 nitrogen and oxygen atoms in total. The minimum absolute atomic E-state index is 0.265. The molecule has 2 aromatic rings. The molecule has 0 atom stereocenters. The lowest BCUT2D eigenvalue weighted by atomic mass is 9.75. The molecule has 6 heteroatoms. The lowest BCUT2D eigenvalue weighted by molar-refractivity contribution is -0.117. The number of carbonyl (C=O) groups is 1. The lowest BCUT2D eigenvalue weighted by Gasteiger charge is -2.31. The van der Waals surface area contributed by atoms with Crippen LogP contribution in [0.2, 0.25) is 0 Å². The Morgan fingerprint density at radius 3 is 2.70 bits per heavy atom. The van der Waals surface area contributed by atoms with Gasteiger partial charge in [0.2, 0.25) is 6.41 Å². The van der Waals surface area contributed by atoms with Gasteiger partial charge in [-0.05, 0) is 54.0 Å². The predicted octanol–water partition coefficient (Wildman–Crippen LogP) is 4.19. The number of rotatable bonds is 6. The first-order valence-electron chi connectivity index (χ1n) is 10.1. The Balaban J connectivity index is 0.000000248. The van der Waals surface area contributed by atoms with Gasteiger partial charge in [-0.3, -0.25) is 15.2 Å². The number of nitrogens with one attached hydrogen (secondary N) is 2. The SMILES string of the molecule is CN(C=O)Cc1cccnc1.CNc1cccc(C(=N)C2=C(N)CC(C)(C)CC2)c1. The molecule has 0 radical (unpaired) electrons. The van der Waals surface area contributed by atoms with Gasteiger partial charge in [0.05, 0.1) is 5.71 Å². The van der Waals surface area contributed by atoms with Crippen LogP contribution in [0.1, 0.15) is 44.2 Å². The van der Waals surface area contributed by atoms with Crippen molar-refractivity contribution in [3.05, 3.63) is 71.2 Å². The predicted molar refractivity (Wildman–Crippen MR) is 123 cm³/mol. The van der Waals surface area contributed by atoms with Crippen LogP contribution in [0.15, 0.2) is 60.1 Å². The summed E-state index contributed by atoms with van der Waals surface area (Å²) in [6.07, 6.45) is 7.15. The van der Waals surface area contributed by atoms with E-state index in [9.17, 15) is 4.79 Å². The summed E-state index contributed by atoms with van der Waals surface area (Å²) in [5, 5.41) is 11.5. The maximum absolute atomic E-state index is 10.2. The van der Waals surface area contributed by atoms with E-state index in [-0.39, 0.29) is 5.41 Å². The fourth-order valence-electron chi connectivity index (χ4n) is 3.44. The van der Waals surface area contributed by atoms with Gasteiger partial charge in [-0.2, -0.15) is 0 Å². The molecule has 0 bridgehead atoms. The van der Waals surface area contributed by atoms with Crippen LogP contribution in [-0.2, 0) is 11.3 Å². The molecule has 0 unspecified atom stereocenters. The molecule has 1 aliphatic rings. The third kappa shape index (κ3) is 6.72. The summed E-state index contributed by atoms with van der Waals surface area (Å²) in [5.41, 5.74) is 11.9. The molecule has 0 saturated carbocycles. The summed E-state index contributed by atoms with van der Waals surface area (Å²) in [5.74, 6) is 0. The van der Waals surface area contributed by atoms with Crippen molar-refractivity contribution >= 4 is 17.8 Å². The highest BCUT2D eigenvalue weighted by atomic mass is 16.1. The van der Waals surface area contributed by atoms with E-state index in [1.165, 1.54) is 0 Å². The number of aromatic nitrogens is 1. The van der Waals surface area contributed by atoms with E-state index in [0.29, 0.717) is 12.3 Å². The van der Waals surface area contributed by atoms with Gasteiger partial charge in [0.1, 0.15) is 0 Å². The molecule has 30 heavy (non-hydrogen) atoms. The summed E-state index contributed by atoms with van der Waals surface area (Å²) < 4.78 is 0. The number of pyridine rings is 1. The van der Waals surface area contributed by atoms with E-state index in [0.717, 1.165) is 53.8 Å². The normalized spacial score (nSPS) is 14.9. The quantitative estimate of drug-likeness (QED) is 0.494. The number of allylic oxidation sites excluding steroid dienone is 2. The Morgan fingerprint density at radius 2 is 2.10 bits per heavy atom. The molecule has 4 N–H and O–H groups in total. The van der Waals surface area contributed by atoms with Crippen molar-refractivity contribution in [2.75, 3.05) is 19.4 Å². The van der Waals surface area contributed by atoms with E-state index in [4.69, 9.17) is 11.1 Å². The second kappa shape index (κ2) is 10.6. The summed E-state index contributed by atoms with van der Waals surface area (Å²) in [7, 11) is 3.62. The number of hydrogen-bond donors (Lipinski definition) is 3. The monoisotopic (exact) mass is 407 g/mol. The maximum Gasteiger partial charge on any atom is 0.209 e. The van der Waals surface area contributed by atoms with Crippen LogP contribution in [0.3, 0.4) is 0 Å². The molecule has 160 valence electrons. The van der Waals surface area contributed by atoms with Crippen molar-refractivity contribution in [1.82, 2.24) is 9.88 Å². The zero-order chi connectivity index (χ0) is 22.1. The number of anilines is 1. The van der Waals surface area contributed by atoms with Gasteiger partial charge in [-0.1, -0.05) is 32.0 Å². The number of hydrogen-bond acceptors (Lipinski definition) is 5. The highest BCUT2D eigenvalue weighted by molar-refractivity contribution is 6.11. The van der Waals surface area contributed by atoms with Crippen LogP contribution < -0.4 is 11.1 Å². The average molecular weight is 408 g/mol. The summed E-state index contributed by atoms with van der Waals surface area (Å²) in [6, 6.07) is 11.7. The minimum Gasteiger partial charge on any atom is -0.402 e. The topological polar surface area (TPSA) is 95.1 Å². The molecular formula is C24H33N5O. The Bertz CT molecular complexity index is 889. The van der Waals surface area contributed by atoms with Crippen LogP contribution >= 0.6 is 0 Å². The van der Waals surface area contributed by atoms with E-state index in [2.05, 4.69) is 24.1 Å². The number of benzene rings is 1. The zero-order valence-corrected chi connectivity index (χ0v) is 18.4. The Hall–Kier alpha value is -3.15. The van der Waals surface area contributed by atoms with Crippen molar-refractivity contribution in [3.8, 4) is 0 Å². The second-order valence-corrected chi connectivity index (χ2v) is 8.43. The summed E-state index contributed by atoms with van der Waals surface area (Å²) in [4.78, 5) is 15.7. The Kier molecular flexibility index (Phi) is 8.16. The highest BCUT2D eigenvalue weighted by Gasteiger charge is 2.27. The second-order valence-electron chi connectivity index (χ2n) is 8.43.